The maximum absolute atomic E-state index is 12.6. The lowest BCUT2D eigenvalue weighted by atomic mass is 9.59. The number of fused-ring (bicyclic) bond motifs is 2. The molecule has 0 radical (unpaired) electrons. The Hall–Kier alpha value is -3.05. The molecule has 2 aromatic carbocycles. The normalized spacial score (nSPS) is 25.8. The molecule has 0 unspecified atom stereocenters. The van der Waals surface area contributed by atoms with E-state index in [0.29, 0.717) is 36.3 Å². The van der Waals surface area contributed by atoms with Gasteiger partial charge in [-0.25, -0.2) is 4.79 Å². The predicted octanol–water partition coefficient (Wildman–Crippen LogP) is 6.76. The molecular weight excluding hydrogens is 472 g/mol. The molecule has 188 valence electrons. The van der Waals surface area contributed by atoms with Crippen LogP contribution >= 0.6 is 11.6 Å². The van der Waals surface area contributed by atoms with Crippen molar-refractivity contribution in [2.75, 3.05) is 11.9 Å². The molecular formula is C30H33ClN2O3. The summed E-state index contributed by atoms with van der Waals surface area (Å²) < 4.78 is 6.01. The first-order valence-electron chi connectivity index (χ1n) is 12.8. The van der Waals surface area contributed by atoms with Gasteiger partial charge in [-0.3, -0.25) is 4.98 Å². The van der Waals surface area contributed by atoms with E-state index in [0.717, 1.165) is 37.1 Å². The third-order valence-electron chi connectivity index (χ3n) is 8.27. The first-order valence-corrected chi connectivity index (χ1v) is 13.2. The summed E-state index contributed by atoms with van der Waals surface area (Å²) in [5.41, 5.74) is 2.58. The molecule has 0 bridgehead atoms. The molecule has 1 spiro atoms. The molecule has 5 nitrogen and oxygen atoms in total. The zero-order chi connectivity index (χ0) is 25.2. The molecule has 5 rings (SSSR count). The van der Waals surface area contributed by atoms with Crippen LogP contribution in [-0.4, -0.2) is 28.2 Å². The summed E-state index contributed by atoms with van der Waals surface area (Å²) in [7, 11) is 0. The number of anilines is 1. The van der Waals surface area contributed by atoms with Crippen LogP contribution in [0.5, 0.6) is 5.75 Å². The molecule has 1 heterocycles. The number of pyridine rings is 1. The molecule has 2 atom stereocenters. The Morgan fingerprint density at radius 3 is 2.67 bits per heavy atom. The molecule has 0 amide bonds. The van der Waals surface area contributed by atoms with Crippen LogP contribution in [0.2, 0.25) is 5.02 Å². The van der Waals surface area contributed by atoms with Crippen molar-refractivity contribution in [2.45, 2.75) is 56.4 Å². The maximum Gasteiger partial charge on any atom is 0.329 e. The zero-order valence-corrected chi connectivity index (χ0v) is 21.4. The van der Waals surface area contributed by atoms with Crippen molar-refractivity contribution < 1.29 is 14.6 Å². The van der Waals surface area contributed by atoms with Gasteiger partial charge in [-0.05, 0) is 97.2 Å². The molecule has 1 aromatic heterocycles. The quantitative estimate of drug-likeness (QED) is 0.354. The third kappa shape index (κ3) is 4.81. The summed E-state index contributed by atoms with van der Waals surface area (Å²) in [5, 5.41) is 14.3. The Bertz CT molecular complexity index is 1210. The second kappa shape index (κ2) is 10.1. The second-order valence-corrected chi connectivity index (χ2v) is 11.0. The molecule has 1 fully saturated rings. The van der Waals surface area contributed by atoms with Gasteiger partial charge in [-0.1, -0.05) is 48.9 Å². The average Bonchev–Trinajstić information content (AvgIpc) is 3.17. The number of carbonyl (C=O) groups is 1. The standard InChI is InChI=1S/C30H33ClN2O3/c1-21(20-36-26-9-5-15-32-19-26)16-23-17-22-6-2-3-10-27(22)29(23)11-13-30(14-12-29,28(34)35)33-25-8-4-7-24(31)18-25/h2-10,15,18-19,21,23,33H,11-14,16-17,20H2,1H3,(H,34,35)/t21-,23+,29?,30?/m1/s1. The van der Waals surface area contributed by atoms with Crippen LogP contribution in [0.3, 0.4) is 0 Å². The number of ether oxygens (including phenoxy) is 1. The molecule has 2 N–H and O–H groups in total. The zero-order valence-electron chi connectivity index (χ0n) is 20.6. The summed E-state index contributed by atoms with van der Waals surface area (Å²) in [6, 6.07) is 19.9. The van der Waals surface area contributed by atoms with E-state index < -0.39 is 11.5 Å². The van der Waals surface area contributed by atoms with E-state index in [9.17, 15) is 9.90 Å². The molecule has 2 aliphatic rings. The Balaban J connectivity index is 1.35. The van der Waals surface area contributed by atoms with E-state index in [4.69, 9.17) is 16.3 Å². The molecule has 36 heavy (non-hydrogen) atoms. The van der Waals surface area contributed by atoms with Gasteiger partial charge in [0.15, 0.2) is 0 Å². The van der Waals surface area contributed by atoms with Gasteiger partial charge in [0.05, 0.1) is 12.8 Å². The second-order valence-electron chi connectivity index (χ2n) is 10.6. The highest BCUT2D eigenvalue weighted by Gasteiger charge is 2.53. The van der Waals surface area contributed by atoms with Gasteiger partial charge in [0.25, 0.3) is 0 Å². The number of rotatable bonds is 8. The van der Waals surface area contributed by atoms with E-state index in [-0.39, 0.29) is 5.41 Å². The highest BCUT2D eigenvalue weighted by molar-refractivity contribution is 6.30. The molecule has 1 saturated carbocycles. The number of aliphatic carboxylic acids is 1. The van der Waals surface area contributed by atoms with Crippen molar-refractivity contribution in [1.29, 1.82) is 0 Å². The van der Waals surface area contributed by atoms with E-state index in [2.05, 4.69) is 41.5 Å². The number of hydrogen-bond acceptors (Lipinski definition) is 4. The van der Waals surface area contributed by atoms with Crippen LogP contribution in [-0.2, 0) is 16.6 Å². The number of hydrogen-bond donors (Lipinski definition) is 2. The van der Waals surface area contributed by atoms with Gasteiger partial charge in [0, 0.05) is 16.9 Å². The Morgan fingerprint density at radius 1 is 1.14 bits per heavy atom. The smallest absolute Gasteiger partial charge is 0.329 e. The Morgan fingerprint density at radius 2 is 1.94 bits per heavy atom. The summed E-state index contributed by atoms with van der Waals surface area (Å²) in [6.45, 7) is 2.89. The largest absolute Gasteiger partial charge is 0.492 e. The topological polar surface area (TPSA) is 71.5 Å². The lowest BCUT2D eigenvalue weighted by Crippen LogP contribution is -2.53. The van der Waals surface area contributed by atoms with E-state index >= 15 is 0 Å². The molecule has 0 saturated heterocycles. The number of aromatic nitrogens is 1. The van der Waals surface area contributed by atoms with Crippen LogP contribution in [0.15, 0.2) is 73.1 Å². The molecule has 2 aliphatic carbocycles. The number of nitrogens with one attached hydrogen (secondary N) is 1. The number of carboxylic acid groups (broad SMARTS) is 1. The number of benzene rings is 2. The van der Waals surface area contributed by atoms with Crippen molar-refractivity contribution in [3.8, 4) is 5.75 Å². The van der Waals surface area contributed by atoms with Crippen molar-refractivity contribution in [3.63, 3.8) is 0 Å². The van der Waals surface area contributed by atoms with Gasteiger partial charge in [-0.15, -0.1) is 0 Å². The lowest BCUT2D eigenvalue weighted by Gasteiger charge is -2.47. The summed E-state index contributed by atoms with van der Waals surface area (Å²) in [5.74, 6) is 0.834. The minimum atomic E-state index is -0.993. The van der Waals surface area contributed by atoms with Gasteiger partial charge in [0.2, 0.25) is 0 Å². The Labute approximate surface area is 217 Å². The lowest BCUT2D eigenvalue weighted by molar-refractivity contribution is -0.144. The first-order chi connectivity index (χ1) is 17.4. The van der Waals surface area contributed by atoms with Gasteiger partial charge in [-0.2, -0.15) is 0 Å². The maximum atomic E-state index is 12.6. The van der Waals surface area contributed by atoms with E-state index in [1.165, 1.54) is 11.1 Å². The number of carboxylic acids is 1. The van der Waals surface area contributed by atoms with E-state index in [1.807, 2.05) is 24.3 Å². The minimum absolute atomic E-state index is 0.00583. The molecule has 6 heteroatoms. The minimum Gasteiger partial charge on any atom is -0.492 e. The highest BCUT2D eigenvalue weighted by Crippen LogP contribution is 2.56. The summed E-state index contributed by atoms with van der Waals surface area (Å²) >= 11 is 6.17. The van der Waals surface area contributed by atoms with Crippen LogP contribution in [0.4, 0.5) is 5.69 Å². The molecule has 0 aliphatic heterocycles. The average molecular weight is 505 g/mol. The van der Waals surface area contributed by atoms with Crippen LogP contribution < -0.4 is 10.1 Å². The van der Waals surface area contributed by atoms with Crippen LogP contribution in [0, 0.1) is 11.8 Å². The number of halogens is 1. The van der Waals surface area contributed by atoms with E-state index in [1.54, 1.807) is 24.5 Å². The SMILES string of the molecule is C[C@@H](COc1cccnc1)C[C@H]1Cc2ccccc2C12CCC(Nc1cccc(Cl)c1)(C(=O)O)CC2. The highest BCUT2D eigenvalue weighted by atomic mass is 35.5. The van der Waals surface area contributed by atoms with Crippen LogP contribution in [0.25, 0.3) is 0 Å². The van der Waals surface area contributed by atoms with Crippen molar-refractivity contribution in [3.05, 3.63) is 89.2 Å². The van der Waals surface area contributed by atoms with Crippen molar-refractivity contribution in [1.82, 2.24) is 4.98 Å². The fraction of sp³-hybridized carbons (Fsp3) is 0.400. The Kier molecular flexibility index (Phi) is 6.94. The van der Waals surface area contributed by atoms with Gasteiger partial charge >= 0.3 is 5.97 Å². The van der Waals surface area contributed by atoms with Crippen LogP contribution in [0.1, 0.15) is 50.2 Å². The monoisotopic (exact) mass is 504 g/mol. The van der Waals surface area contributed by atoms with Gasteiger partial charge < -0.3 is 15.2 Å². The third-order valence-corrected chi connectivity index (χ3v) is 8.51. The van der Waals surface area contributed by atoms with Gasteiger partial charge in [0.1, 0.15) is 11.3 Å². The number of nitrogens with zero attached hydrogens (tertiary/aromatic N) is 1. The fourth-order valence-electron chi connectivity index (χ4n) is 6.43. The summed E-state index contributed by atoms with van der Waals surface area (Å²) in [6.07, 6.45) is 8.39. The summed E-state index contributed by atoms with van der Waals surface area (Å²) in [4.78, 5) is 16.7. The van der Waals surface area contributed by atoms with Crippen molar-refractivity contribution in [2.24, 2.45) is 11.8 Å². The fourth-order valence-corrected chi connectivity index (χ4v) is 6.62. The molecule has 3 aromatic rings. The first kappa shape index (κ1) is 24.6. The van der Waals surface area contributed by atoms with Crippen molar-refractivity contribution >= 4 is 23.3 Å². The predicted molar refractivity (Wildman–Crippen MR) is 143 cm³/mol.